The zero-order valence-electron chi connectivity index (χ0n) is 13.1. The molecule has 0 aliphatic carbocycles. The van der Waals surface area contributed by atoms with E-state index in [1.54, 1.807) is 6.92 Å². The van der Waals surface area contributed by atoms with Crippen LogP contribution >= 0.6 is 0 Å². The van der Waals surface area contributed by atoms with Gasteiger partial charge in [-0.3, -0.25) is 4.79 Å². The quantitative estimate of drug-likeness (QED) is 0.508. The Balaban J connectivity index is 2.60. The monoisotopic (exact) mass is 301 g/mol. The number of carbonyl (C=O) groups is 1. The van der Waals surface area contributed by atoms with Gasteiger partial charge < -0.3 is 15.7 Å². The third kappa shape index (κ3) is 6.42. The number of hydrogen-bond acceptors (Lipinski definition) is 4. The van der Waals surface area contributed by atoms with E-state index in [4.69, 9.17) is 10.4 Å². The number of carbonyl (C=O) groups excluding carboxylic acids is 1. The number of rotatable bonds is 8. The van der Waals surface area contributed by atoms with Crippen molar-refractivity contribution < 1.29 is 9.90 Å². The van der Waals surface area contributed by atoms with Gasteiger partial charge in [0.1, 0.15) is 11.6 Å². The molecule has 0 radical (unpaired) electrons. The lowest BCUT2D eigenvalue weighted by Crippen LogP contribution is -2.22. The van der Waals surface area contributed by atoms with Crippen LogP contribution in [0, 0.1) is 11.3 Å². The third-order valence-electron chi connectivity index (χ3n) is 3.06. The standard InChI is InChI=1S/C17H23N3O2/c1-3-4-5-14-6-8-16(9-7-14)20-17(22)15(10-18)12-19-11-13(2)21/h6-9,12-13,19,21H,3-5,11H2,1-2H3,(H,20,22)/b15-12-. The molecule has 3 N–H and O–H groups in total. The molecule has 0 saturated heterocycles. The highest BCUT2D eigenvalue weighted by atomic mass is 16.3. The second-order valence-corrected chi connectivity index (χ2v) is 5.18. The zero-order valence-corrected chi connectivity index (χ0v) is 13.1. The predicted molar refractivity (Wildman–Crippen MR) is 87.1 cm³/mol. The minimum Gasteiger partial charge on any atom is -0.392 e. The Bertz CT molecular complexity index is 542. The topological polar surface area (TPSA) is 85.2 Å². The summed E-state index contributed by atoms with van der Waals surface area (Å²) in [5.74, 6) is -0.470. The smallest absolute Gasteiger partial charge is 0.267 e. The van der Waals surface area contributed by atoms with Crippen molar-refractivity contribution in [1.82, 2.24) is 5.32 Å². The molecule has 5 nitrogen and oxygen atoms in total. The molecule has 0 aliphatic heterocycles. The fourth-order valence-electron chi connectivity index (χ4n) is 1.81. The van der Waals surface area contributed by atoms with Gasteiger partial charge in [-0.15, -0.1) is 0 Å². The lowest BCUT2D eigenvalue weighted by Gasteiger charge is -2.07. The normalized spacial score (nSPS) is 12.4. The molecule has 22 heavy (non-hydrogen) atoms. The summed E-state index contributed by atoms with van der Waals surface area (Å²) >= 11 is 0. The number of hydrogen-bond donors (Lipinski definition) is 3. The molecule has 1 aromatic carbocycles. The van der Waals surface area contributed by atoms with Crippen molar-refractivity contribution in [3.8, 4) is 6.07 Å². The van der Waals surface area contributed by atoms with Crippen molar-refractivity contribution in [2.45, 2.75) is 39.2 Å². The van der Waals surface area contributed by atoms with Gasteiger partial charge in [-0.25, -0.2) is 0 Å². The minimum absolute atomic E-state index is 0.0318. The van der Waals surface area contributed by atoms with Crippen molar-refractivity contribution >= 4 is 11.6 Å². The molecule has 0 fully saturated rings. The minimum atomic E-state index is -0.546. The number of nitrogens with zero attached hydrogens (tertiary/aromatic N) is 1. The Morgan fingerprint density at radius 2 is 2.09 bits per heavy atom. The van der Waals surface area contributed by atoms with Crippen LogP contribution in [-0.4, -0.2) is 23.7 Å². The van der Waals surface area contributed by atoms with E-state index in [0.29, 0.717) is 5.69 Å². The molecule has 1 aromatic rings. The molecule has 5 heteroatoms. The molecule has 1 unspecified atom stereocenters. The van der Waals surface area contributed by atoms with Crippen LogP contribution in [0.4, 0.5) is 5.69 Å². The zero-order chi connectivity index (χ0) is 16.4. The van der Waals surface area contributed by atoms with E-state index < -0.39 is 12.0 Å². The first-order valence-electron chi connectivity index (χ1n) is 7.48. The molecular weight excluding hydrogens is 278 g/mol. The van der Waals surface area contributed by atoms with Gasteiger partial charge in [-0.1, -0.05) is 25.5 Å². The number of anilines is 1. The molecule has 0 saturated carbocycles. The summed E-state index contributed by atoms with van der Waals surface area (Å²) in [5, 5.41) is 23.5. The van der Waals surface area contributed by atoms with Gasteiger partial charge in [0, 0.05) is 18.4 Å². The Morgan fingerprint density at radius 3 is 2.64 bits per heavy atom. The fraction of sp³-hybridized carbons (Fsp3) is 0.412. The van der Waals surface area contributed by atoms with Crippen LogP contribution in [-0.2, 0) is 11.2 Å². The van der Waals surface area contributed by atoms with E-state index in [0.717, 1.165) is 19.3 Å². The second kappa shape index (κ2) is 9.59. The Kier molecular flexibility index (Phi) is 7.73. The summed E-state index contributed by atoms with van der Waals surface area (Å²) in [7, 11) is 0. The van der Waals surface area contributed by atoms with Gasteiger partial charge in [0.15, 0.2) is 0 Å². The van der Waals surface area contributed by atoms with E-state index in [1.807, 2.05) is 30.3 Å². The number of unbranched alkanes of at least 4 members (excludes halogenated alkanes) is 1. The van der Waals surface area contributed by atoms with Crippen LogP contribution in [0.1, 0.15) is 32.3 Å². The number of aliphatic hydroxyl groups is 1. The SMILES string of the molecule is CCCCc1ccc(NC(=O)/C(C#N)=C\NCC(C)O)cc1. The highest BCUT2D eigenvalue weighted by Crippen LogP contribution is 2.12. The first kappa shape index (κ1) is 17.7. The number of aliphatic hydroxyl groups excluding tert-OH is 1. The highest BCUT2D eigenvalue weighted by molar-refractivity contribution is 6.06. The van der Waals surface area contributed by atoms with E-state index >= 15 is 0 Å². The molecule has 0 aromatic heterocycles. The van der Waals surface area contributed by atoms with Gasteiger partial charge in [-0.05, 0) is 37.5 Å². The Morgan fingerprint density at radius 1 is 1.41 bits per heavy atom. The van der Waals surface area contributed by atoms with Gasteiger partial charge in [-0.2, -0.15) is 5.26 Å². The molecular formula is C17H23N3O2. The maximum absolute atomic E-state index is 12.0. The van der Waals surface area contributed by atoms with Crippen LogP contribution < -0.4 is 10.6 Å². The molecule has 0 spiro atoms. The van der Waals surface area contributed by atoms with Crippen LogP contribution in [0.3, 0.4) is 0 Å². The Hall–Kier alpha value is -2.32. The summed E-state index contributed by atoms with van der Waals surface area (Å²) in [6.07, 6.45) is 4.08. The maximum atomic E-state index is 12.0. The van der Waals surface area contributed by atoms with Gasteiger partial charge >= 0.3 is 0 Å². The van der Waals surface area contributed by atoms with Crippen molar-refractivity contribution in [3.05, 3.63) is 41.6 Å². The number of amides is 1. The van der Waals surface area contributed by atoms with Crippen LogP contribution in [0.25, 0.3) is 0 Å². The van der Waals surface area contributed by atoms with Gasteiger partial charge in [0.2, 0.25) is 0 Å². The van der Waals surface area contributed by atoms with Crippen molar-refractivity contribution in [2.24, 2.45) is 0 Å². The lowest BCUT2D eigenvalue weighted by molar-refractivity contribution is -0.112. The van der Waals surface area contributed by atoms with E-state index in [9.17, 15) is 4.79 Å². The second-order valence-electron chi connectivity index (χ2n) is 5.18. The van der Waals surface area contributed by atoms with E-state index in [2.05, 4.69) is 17.6 Å². The predicted octanol–water partition coefficient (Wildman–Crippen LogP) is 2.35. The largest absolute Gasteiger partial charge is 0.392 e. The number of nitrogens with one attached hydrogen (secondary N) is 2. The van der Waals surface area contributed by atoms with Crippen LogP contribution in [0.5, 0.6) is 0 Å². The summed E-state index contributed by atoms with van der Waals surface area (Å²) in [4.78, 5) is 12.0. The molecule has 0 bridgehead atoms. The summed E-state index contributed by atoms with van der Waals surface area (Å²) in [5.41, 5.74) is 1.85. The summed E-state index contributed by atoms with van der Waals surface area (Å²) in [6, 6.07) is 9.47. The third-order valence-corrected chi connectivity index (χ3v) is 3.06. The molecule has 1 rings (SSSR count). The van der Waals surface area contributed by atoms with Crippen molar-refractivity contribution in [3.63, 3.8) is 0 Å². The summed E-state index contributed by atoms with van der Waals surface area (Å²) in [6.45, 7) is 4.05. The first-order chi connectivity index (χ1) is 10.6. The lowest BCUT2D eigenvalue weighted by atomic mass is 10.1. The maximum Gasteiger partial charge on any atom is 0.267 e. The highest BCUT2D eigenvalue weighted by Gasteiger charge is 2.09. The number of benzene rings is 1. The van der Waals surface area contributed by atoms with Gasteiger partial charge in [0.25, 0.3) is 5.91 Å². The molecule has 118 valence electrons. The Labute approximate surface area is 131 Å². The first-order valence-corrected chi connectivity index (χ1v) is 7.48. The van der Waals surface area contributed by atoms with Gasteiger partial charge in [0.05, 0.1) is 6.10 Å². The van der Waals surface area contributed by atoms with Crippen molar-refractivity contribution in [1.29, 1.82) is 5.26 Å². The molecule has 0 aliphatic rings. The molecule has 1 amide bonds. The number of aryl methyl sites for hydroxylation is 1. The average molecular weight is 301 g/mol. The van der Waals surface area contributed by atoms with Crippen molar-refractivity contribution in [2.75, 3.05) is 11.9 Å². The molecule has 0 heterocycles. The number of nitriles is 1. The van der Waals surface area contributed by atoms with E-state index in [-0.39, 0.29) is 12.1 Å². The summed E-state index contributed by atoms with van der Waals surface area (Å²) < 4.78 is 0. The fourth-order valence-corrected chi connectivity index (χ4v) is 1.81. The average Bonchev–Trinajstić information content (AvgIpc) is 2.50. The van der Waals surface area contributed by atoms with E-state index in [1.165, 1.54) is 11.8 Å². The van der Waals surface area contributed by atoms with Crippen LogP contribution in [0.15, 0.2) is 36.0 Å². The van der Waals surface area contributed by atoms with Crippen LogP contribution in [0.2, 0.25) is 0 Å². The molecule has 1 atom stereocenters.